The van der Waals surface area contributed by atoms with Gasteiger partial charge in [-0.15, -0.1) is 12.4 Å². The molecule has 0 aliphatic rings. The molecule has 100 valence electrons. The van der Waals surface area contributed by atoms with Gasteiger partial charge in [-0.2, -0.15) is 0 Å². The van der Waals surface area contributed by atoms with Crippen LogP contribution in [0.25, 0.3) is 0 Å². The van der Waals surface area contributed by atoms with E-state index in [4.69, 9.17) is 5.73 Å². The normalized spacial score (nSPS) is 9.22. The third-order valence-electron chi connectivity index (χ3n) is 2.16. The van der Waals surface area contributed by atoms with E-state index in [2.05, 4.69) is 10.6 Å². The number of carbonyl (C=O) groups excluding carboxylic acids is 2. The van der Waals surface area contributed by atoms with Crippen LogP contribution in [0.1, 0.15) is 23.7 Å². The fourth-order valence-corrected chi connectivity index (χ4v) is 1.28. The first-order chi connectivity index (χ1) is 8.17. The van der Waals surface area contributed by atoms with Crippen LogP contribution >= 0.6 is 12.4 Å². The standard InChI is InChI=1S/C12H17N3O2.ClH/c1-2-11(16)15-10-5-3-4-9(8-10)12(17)14-7-6-13;/h3-5,8H,2,6-7,13H2,1H3,(H,14,17)(H,15,16);1H. The van der Waals surface area contributed by atoms with Gasteiger partial charge in [-0.25, -0.2) is 0 Å². The fourth-order valence-electron chi connectivity index (χ4n) is 1.28. The third-order valence-corrected chi connectivity index (χ3v) is 2.16. The fraction of sp³-hybridized carbons (Fsp3) is 0.333. The lowest BCUT2D eigenvalue weighted by Gasteiger charge is -2.07. The lowest BCUT2D eigenvalue weighted by Crippen LogP contribution is -2.29. The Labute approximate surface area is 113 Å². The average Bonchev–Trinajstić information content (AvgIpc) is 2.36. The van der Waals surface area contributed by atoms with Gasteiger partial charge in [-0.05, 0) is 18.2 Å². The summed E-state index contributed by atoms with van der Waals surface area (Å²) in [4.78, 5) is 22.8. The summed E-state index contributed by atoms with van der Waals surface area (Å²) in [6.45, 7) is 2.61. The van der Waals surface area contributed by atoms with Gasteiger partial charge in [0.1, 0.15) is 0 Å². The van der Waals surface area contributed by atoms with E-state index in [0.29, 0.717) is 30.8 Å². The van der Waals surface area contributed by atoms with Crippen LogP contribution in [0.4, 0.5) is 5.69 Å². The van der Waals surface area contributed by atoms with E-state index in [-0.39, 0.29) is 24.2 Å². The lowest BCUT2D eigenvalue weighted by atomic mass is 10.2. The molecule has 0 aliphatic heterocycles. The molecule has 0 radical (unpaired) electrons. The predicted octanol–water partition coefficient (Wildman–Crippen LogP) is 1.15. The van der Waals surface area contributed by atoms with E-state index in [1.54, 1.807) is 31.2 Å². The van der Waals surface area contributed by atoms with Crippen molar-refractivity contribution in [2.24, 2.45) is 5.73 Å². The summed E-state index contributed by atoms with van der Waals surface area (Å²) in [5.41, 5.74) is 6.43. The highest BCUT2D eigenvalue weighted by atomic mass is 35.5. The zero-order valence-corrected chi connectivity index (χ0v) is 11.0. The van der Waals surface area contributed by atoms with Crippen LogP contribution in [-0.2, 0) is 4.79 Å². The SMILES string of the molecule is CCC(=O)Nc1cccc(C(=O)NCCN)c1.Cl. The molecule has 1 rings (SSSR count). The van der Waals surface area contributed by atoms with Crippen LogP contribution < -0.4 is 16.4 Å². The monoisotopic (exact) mass is 271 g/mol. The maximum atomic E-state index is 11.6. The summed E-state index contributed by atoms with van der Waals surface area (Å²) in [7, 11) is 0. The molecule has 1 aromatic rings. The van der Waals surface area contributed by atoms with Crippen LogP contribution in [0.2, 0.25) is 0 Å². The molecule has 0 atom stereocenters. The zero-order valence-electron chi connectivity index (χ0n) is 10.2. The lowest BCUT2D eigenvalue weighted by molar-refractivity contribution is -0.115. The Morgan fingerprint density at radius 1 is 1.33 bits per heavy atom. The van der Waals surface area contributed by atoms with Gasteiger partial charge in [0.2, 0.25) is 5.91 Å². The van der Waals surface area contributed by atoms with E-state index < -0.39 is 0 Å². The molecular weight excluding hydrogens is 254 g/mol. The minimum atomic E-state index is -0.192. The Bertz CT molecular complexity index is 410. The molecule has 1 aromatic carbocycles. The summed E-state index contributed by atoms with van der Waals surface area (Å²) in [6, 6.07) is 6.79. The van der Waals surface area contributed by atoms with Gasteiger partial charge in [0.25, 0.3) is 5.91 Å². The molecule has 0 fully saturated rings. The van der Waals surface area contributed by atoms with Gasteiger partial charge < -0.3 is 16.4 Å². The van der Waals surface area contributed by atoms with E-state index in [1.807, 2.05) is 0 Å². The largest absolute Gasteiger partial charge is 0.351 e. The number of benzene rings is 1. The van der Waals surface area contributed by atoms with Crippen LogP contribution in [0.3, 0.4) is 0 Å². The Hall–Kier alpha value is -1.59. The molecule has 5 nitrogen and oxygen atoms in total. The van der Waals surface area contributed by atoms with Gasteiger partial charge in [0.05, 0.1) is 0 Å². The number of halogens is 1. The van der Waals surface area contributed by atoms with Crippen LogP contribution in [-0.4, -0.2) is 24.9 Å². The number of amides is 2. The van der Waals surface area contributed by atoms with E-state index in [9.17, 15) is 9.59 Å². The molecule has 4 N–H and O–H groups in total. The van der Waals surface area contributed by atoms with Crippen LogP contribution in [0.15, 0.2) is 24.3 Å². The Morgan fingerprint density at radius 2 is 2.06 bits per heavy atom. The quantitative estimate of drug-likeness (QED) is 0.751. The number of carbonyl (C=O) groups is 2. The minimum absolute atomic E-state index is 0. The molecule has 0 saturated heterocycles. The predicted molar refractivity (Wildman–Crippen MR) is 74.0 cm³/mol. The van der Waals surface area contributed by atoms with E-state index in [0.717, 1.165) is 0 Å². The highest BCUT2D eigenvalue weighted by molar-refractivity contribution is 5.97. The van der Waals surface area contributed by atoms with Crippen molar-refractivity contribution in [3.8, 4) is 0 Å². The van der Waals surface area contributed by atoms with Gasteiger partial charge in [-0.3, -0.25) is 9.59 Å². The van der Waals surface area contributed by atoms with E-state index in [1.165, 1.54) is 0 Å². The van der Waals surface area contributed by atoms with E-state index >= 15 is 0 Å². The summed E-state index contributed by atoms with van der Waals surface area (Å²) >= 11 is 0. The first-order valence-electron chi connectivity index (χ1n) is 5.55. The molecule has 0 aromatic heterocycles. The molecule has 2 amide bonds. The molecule has 6 heteroatoms. The first-order valence-corrected chi connectivity index (χ1v) is 5.55. The number of rotatable bonds is 5. The molecule has 0 heterocycles. The van der Waals surface area contributed by atoms with Crippen molar-refractivity contribution in [2.75, 3.05) is 18.4 Å². The average molecular weight is 272 g/mol. The second-order valence-corrected chi connectivity index (χ2v) is 3.53. The van der Waals surface area contributed by atoms with Gasteiger partial charge in [-0.1, -0.05) is 13.0 Å². The van der Waals surface area contributed by atoms with Crippen molar-refractivity contribution in [3.05, 3.63) is 29.8 Å². The maximum Gasteiger partial charge on any atom is 0.251 e. The van der Waals surface area contributed by atoms with Crippen molar-refractivity contribution in [1.82, 2.24) is 5.32 Å². The van der Waals surface area contributed by atoms with Gasteiger partial charge in [0, 0.05) is 30.8 Å². The number of nitrogens with two attached hydrogens (primary N) is 1. The number of hydrogen-bond donors (Lipinski definition) is 3. The van der Waals surface area contributed by atoms with Crippen LogP contribution in [0.5, 0.6) is 0 Å². The van der Waals surface area contributed by atoms with Crippen molar-refractivity contribution < 1.29 is 9.59 Å². The Balaban J connectivity index is 0.00000289. The summed E-state index contributed by atoms with van der Waals surface area (Å²) < 4.78 is 0. The van der Waals surface area contributed by atoms with Gasteiger partial charge >= 0.3 is 0 Å². The Kier molecular flexibility index (Phi) is 7.74. The van der Waals surface area contributed by atoms with Crippen molar-refractivity contribution in [2.45, 2.75) is 13.3 Å². The van der Waals surface area contributed by atoms with Crippen molar-refractivity contribution in [1.29, 1.82) is 0 Å². The molecule has 18 heavy (non-hydrogen) atoms. The smallest absolute Gasteiger partial charge is 0.251 e. The highest BCUT2D eigenvalue weighted by Crippen LogP contribution is 2.10. The van der Waals surface area contributed by atoms with Crippen molar-refractivity contribution in [3.63, 3.8) is 0 Å². The number of nitrogens with one attached hydrogen (secondary N) is 2. The molecule has 0 saturated carbocycles. The number of hydrogen-bond acceptors (Lipinski definition) is 3. The first kappa shape index (κ1) is 16.4. The number of anilines is 1. The molecule has 0 bridgehead atoms. The second-order valence-electron chi connectivity index (χ2n) is 3.53. The second kappa shape index (κ2) is 8.49. The zero-order chi connectivity index (χ0) is 12.7. The molecular formula is C12H18ClN3O2. The summed E-state index contributed by atoms with van der Waals surface area (Å²) in [6.07, 6.45) is 0.406. The van der Waals surface area contributed by atoms with Crippen LogP contribution in [0, 0.1) is 0 Å². The molecule has 0 unspecified atom stereocenters. The molecule has 0 aliphatic carbocycles. The third kappa shape index (κ3) is 5.16. The topological polar surface area (TPSA) is 84.2 Å². The highest BCUT2D eigenvalue weighted by Gasteiger charge is 2.06. The summed E-state index contributed by atoms with van der Waals surface area (Å²) in [5.74, 6) is -0.271. The summed E-state index contributed by atoms with van der Waals surface area (Å²) in [5, 5.41) is 5.37. The van der Waals surface area contributed by atoms with Gasteiger partial charge in [0.15, 0.2) is 0 Å². The maximum absolute atomic E-state index is 11.6. The minimum Gasteiger partial charge on any atom is -0.351 e. The Morgan fingerprint density at radius 3 is 2.67 bits per heavy atom. The molecule has 0 spiro atoms. The van der Waals surface area contributed by atoms with Crippen molar-refractivity contribution >= 4 is 29.9 Å².